The van der Waals surface area contributed by atoms with Crippen LogP contribution >= 0.6 is 0 Å². The molecule has 3 aromatic rings. The summed E-state index contributed by atoms with van der Waals surface area (Å²) in [5, 5.41) is 4.39. The first-order valence-corrected chi connectivity index (χ1v) is 6.93. The fourth-order valence-electron chi connectivity index (χ4n) is 2.18. The smallest absolute Gasteiger partial charge is 0.248 e. The number of aromatic nitrogens is 4. The molecular formula is C16H17N5O. The Bertz CT molecular complexity index is 808. The lowest BCUT2D eigenvalue weighted by Gasteiger charge is -2.11. The second-order valence-corrected chi connectivity index (χ2v) is 5.17. The number of ether oxygens (including phenoxy) is 1. The van der Waals surface area contributed by atoms with E-state index in [4.69, 9.17) is 10.5 Å². The van der Waals surface area contributed by atoms with Crippen molar-refractivity contribution in [2.45, 2.75) is 20.8 Å². The number of hydrogen-bond donors (Lipinski definition) is 1. The van der Waals surface area contributed by atoms with Gasteiger partial charge in [0.05, 0.1) is 5.69 Å². The number of nitrogen functional groups attached to an aromatic ring is 1. The molecule has 0 saturated heterocycles. The predicted molar refractivity (Wildman–Crippen MR) is 84.3 cm³/mol. The summed E-state index contributed by atoms with van der Waals surface area (Å²) in [7, 11) is 0. The number of nitrogens with zero attached hydrogens (tertiary/aromatic N) is 4. The van der Waals surface area contributed by atoms with Crippen LogP contribution in [0.3, 0.4) is 0 Å². The molecule has 0 saturated carbocycles. The number of benzene rings is 1. The van der Waals surface area contributed by atoms with Crippen molar-refractivity contribution in [3.8, 4) is 17.4 Å². The topological polar surface area (TPSA) is 78.9 Å². The molecule has 0 bridgehead atoms. The molecule has 6 nitrogen and oxygen atoms in total. The highest BCUT2D eigenvalue weighted by Gasteiger charge is 2.14. The Kier molecular flexibility index (Phi) is 3.50. The van der Waals surface area contributed by atoms with Gasteiger partial charge in [-0.25, -0.2) is 9.67 Å². The Morgan fingerprint density at radius 3 is 2.41 bits per heavy atom. The van der Waals surface area contributed by atoms with Gasteiger partial charge in [0.15, 0.2) is 5.82 Å². The first-order valence-electron chi connectivity index (χ1n) is 6.93. The van der Waals surface area contributed by atoms with Gasteiger partial charge in [0, 0.05) is 5.69 Å². The molecule has 112 valence electrons. The van der Waals surface area contributed by atoms with E-state index >= 15 is 0 Å². The second kappa shape index (κ2) is 5.48. The lowest BCUT2D eigenvalue weighted by atomic mass is 10.2. The van der Waals surface area contributed by atoms with Crippen molar-refractivity contribution in [3.63, 3.8) is 0 Å². The maximum atomic E-state index is 6.16. The molecule has 0 amide bonds. The van der Waals surface area contributed by atoms with E-state index in [1.54, 1.807) is 4.68 Å². The van der Waals surface area contributed by atoms with Gasteiger partial charge in [-0.3, -0.25) is 0 Å². The monoisotopic (exact) mass is 295 g/mol. The minimum absolute atomic E-state index is 0.321. The molecule has 3 rings (SSSR count). The quantitative estimate of drug-likeness (QED) is 0.803. The summed E-state index contributed by atoms with van der Waals surface area (Å²) in [6.45, 7) is 5.89. The third-order valence-electron chi connectivity index (χ3n) is 3.27. The maximum absolute atomic E-state index is 6.16. The summed E-state index contributed by atoms with van der Waals surface area (Å²) in [6, 6.07) is 9.64. The van der Waals surface area contributed by atoms with E-state index in [9.17, 15) is 0 Å². The van der Waals surface area contributed by atoms with Gasteiger partial charge in [-0.2, -0.15) is 10.1 Å². The first kappa shape index (κ1) is 14.1. The molecule has 0 spiro atoms. The minimum atomic E-state index is 0.321. The van der Waals surface area contributed by atoms with Crippen LogP contribution in [0.4, 0.5) is 5.69 Å². The average Bonchev–Trinajstić information content (AvgIpc) is 2.82. The van der Waals surface area contributed by atoms with Crippen molar-refractivity contribution in [2.75, 3.05) is 5.73 Å². The fourth-order valence-corrected chi connectivity index (χ4v) is 2.18. The van der Waals surface area contributed by atoms with Gasteiger partial charge >= 0.3 is 0 Å². The summed E-state index contributed by atoms with van der Waals surface area (Å²) >= 11 is 0. The molecule has 0 aliphatic heterocycles. The minimum Gasteiger partial charge on any atom is -0.437 e. The van der Waals surface area contributed by atoms with Gasteiger partial charge in [-0.15, -0.1) is 0 Å². The molecule has 2 heterocycles. The van der Waals surface area contributed by atoms with E-state index in [1.807, 2.05) is 51.1 Å². The number of hydrogen-bond acceptors (Lipinski definition) is 5. The Labute approximate surface area is 128 Å². The zero-order chi connectivity index (χ0) is 15.7. The van der Waals surface area contributed by atoms with E-state index in [0.29, 0.717) is 23.1 Å². The number of nitrogens with two attached hydrogens (primary N) is 1. The summed E-state index contributed by atoms with van der Waals surface area (Å²) < 4.78 is 7.44. The van der Waals surface area contributed by atoms with Gasteiger partial charge in [0.1, 0.15) is 17.8 Å². The van der Waals surface area contributed by atoms with Crippen molar-refractivity contribution in [1.29, 1.82) is 0 Å². The molecule has 6 heteroatoms. The standard InChI is InChI=1S/C16H17N5O/c1-10-4-6-13(7-5-10)22-16-14(17)15(18-9-19-16)21-12(3)8-11(2)20-21/h4-9H,17H2,1-3H3. The van der Waals surface area contributed by atoms with E-state index in [-0.39, 0.29) is 0 Å². The number of anilines is 1. The Morgan fingerprint density at radius 2 is 1.77 bits per heavy atom. The van der Waals surface area contributed by atoms with Crippen molar-refractivity contribution < 1.29 is 4.74 Å². The lowest BCUT2D eigenvalue weighted by molar-refractivity contribution is 0.463. The lowest BCUT2D eigenvalue weighted by Crippen LogP contribution is -2.08. The second-order valence-electron chi connectivity index (χ2n) is 5.17. The fraction of sp³-hybridized carbons (Fsp3) is 0.188. The third-order valence-corrected chi connectivity index (χ3v) is 3.27. The SMILES string of the molecule is Cc1ccc(Oc2ncnc(-n3nc(C)cc3C)c2N)cc1. The van der Waals surface area contributed by atoms with E-state index in [1.165, 1.54) is 6.33 Å². The van der Waals surface area contributed by atoms with Crippen LogP contribution in [-0.2, 0) is 0 Å². The van der Waals surface area contributed by atoms with Crippen molar-refractivity contribution in [2.24, 2.45) is 0 Å². The van der Waals surface area contributed by atoms with Crippen LogP contribution in [0.25, 0.3) is 5.82 Å². The molecule has 0 atom stereocenters. The Hall–Kier alpha value is -2.89. The highest BCUT2D eigenvalue weighted by atomic mass is 16.5. The molecule has 0 aliphatic rings. The van der Waals surface area contributed by atoms with Gasteiger partial charge < -0.3 is 10.5 Å². The normalized spacial score (nSPS) is 10.7. The molecule has 0 fully saturated rings. The zero-order valence-corrected chi connectivity index (χ0v) is 12.7. The van der Waals surface area contributed by atoms with Gasteiger partial charge in [-0.1, -0.05) is 17.7 Å². The molecule has 22 heavy (non-hydrogen) atoms. The average molecular weight is 295 g/mol. The molecule has 0 radical (unpaired) electrons. The first-order chi connectivity index (χ1) is 10.5. The van der Waals surface area contributed by atoms with Crippen LogP contribution in [0.5, 0.6) is 11.6 Å². The van der Waals surface area contributed by atoms with Crippen molar-refractivity contribution >= 4 is 5.69 Å². The Morgan fingerprint density at radius 1 is 1.05 bits per heavy atom. The van der Waals surface area contributed by atoms with Crippen LogP contribution in [0, 0.1) is 20.8 Å². The van der Waals surface area contributed by atoms with E-state index < -0.39 is 0 Å². The van der Waals surface area contributed by atoms with Crippen LogP contribution in [0.2, 0.25) is 0 Å². The van der Waals surface area contributed by atoms with Crippen LogP contribution in [-0.4, -0.2) is 19.7 Å². The van der Waals surface area contributed by atoms with E-state index in [0.717, 1.165) is 17.0 Å². The molecule has 0 unspecified atom stereocenters. The Balaban J connectivity index is 1.98. The zero-order valence-electron chi connectivity index (χ0n) is 12.7. The van der Waals surface area contributed by atoms with Crippen LogP contribution in [0.15, 0.2) is 36.7 Å². The predicted octanol–water partition coefficient (Wildman–Crippen LogP) is 2.96. The molecule has 2 N–H and O–H groups in total. The largest absolute Gasteiger partial charge is 0.437 e. The molecule has 1 aromatic carbocycles. The van der Waals surface area contributed by atoms with Gasteiger partial charge in [0.25, 0.3) is 0 Å². The van der Waals surface area contributed by atoms with Crippen molar-refractivity contribution in [1.82, 2.24) is 19.7 Å². The summed E-state index contributed by atoms with van der Waals surface area (Å²) in [5.41, 5.74) is 9.52. The molecular weight excluding hydrogens is 278 g/mol. The van der Waals surface area contributed by atoms with Crippen molar-refractivity contribution in [3.05, 3.63) is 53.6 Å². The van der Waals surface area contributed by atoms with E-state index in [2.05, 4.69) is 15.1 Å². The van der Waals surface area contributed by atoms with Crippen LogP contribution in [0.1, 0.15) is 17.0 Å². The molecule has 2 aromatic heterocycles. The van der Waals surface area contributed by atoms with Crippen LogP contribution < -0.4 is 10.5 Å². The summed E-state index contributed by atoms with van der Waals surface area (Å²) in [5.74, 6) is 1.51. The highest BCUT2D eigenvalue weighted by molar-refractivity contribution is 5.60. The highest BCUT2D eigenvalue weighted by Crippen LogP contribution is 2.28. The summed E-state index contributed by atoms with van der Waals surface area (Å²) in [6.07, 6.45) is 1.42. The van der Waals surface area contributed by atoms with Gasteiger partial charge in [-0.05, 0) is 39.0 Å². The summed E-state index contributed by atoms with van der Waals surface area (Å²) in [4.78, 5) is 8.34. The van der Waals surface area contributed by atoms with Gasteiger partial charge in [0.2, 0.25) is 5.88 Å². The number of aryl methyl sites for hydroxylation is 3. The third kappa shape index (κ3) is 2.63. The maximum Gasteiger partial charge on any atom is 0.248 e. The molecule has 0 aliphatic carbocycles. The number of rotatable bonds is 3.